The zero-order valence-corrected chi connectivity index (χ0v) is 14.2. The largest absolute Gasteiger partial charge is 0.416 e. The second-order valence-corrected chi connectivity index (χ2v) is 6.64. The fourth-order valence-electron chi connectivity index (χ4n) is 3.84. The smallest absolute Gasteiger partial charge is 0.337 e. The summed E-state index contributed by atoms with van der Waals surface area (Å²) in [7, 11) is 0. The van der Waals surface area contributed by atoms with Gasteiger partial charge in [-0.3, -0.25) is 0 Å². The monoisotopic (exact) mass is 373 g/mol. The quantitative estimate of drug-likeness (QED) is 0.823. The predicted molar refractivity (Wildman–Crippen MR) is 88.2 cm³/mol. The molecule has 8 heteroatoms. The maximum atomic E-state index is 12.8. The zero-order chi connectivity index (χ0) is 16.7. The van der Waals surface area contributed by atoms with Crippen LogP contribution in [0, 0.1) is 5.92 Å². The minimum absolute atomic E-state index is 0. The number of halogens is 4. The van der Waals surface area contributed by atoms with Crippen molar-refractivity contribution < 1.29 is 17.7 Å². The molecule has 0 spiro atoms. The molecular formula is C17H19ClF3N3O. The van der Waals surface area contributed by atoms with Gasteiger partial charge in [-0.25, -0.2) is 0 Å². The molecule has 1 saturated carbocycles. The first kappa shape index (κ1) is 18.2. The van der Waals surface area contributed by atoms with Crippen LogP contribution in [0.5, 0.6) is 0 Å². The van der Waals surface area contributed by atoms with Crippen molar-refractivity contribution in [2.75, 3.05) is 0 Å². The lowest BCUT2D eigenvalue weighted by Gasteiger charge is -2.24. The highest BCUT2D eigenvalue weighted by atomic mass is 35.5. The lowest BCUT2D eigenvalue weighted by atomic mass is 9.85. The fourth-order valence-corrected chi connectivity index (χ4v) is 3.84. The first-order valence-corrected chi connectivity index (χ1v) is 8.28. The molecule has 2 fully saturated rings. The Morgan fingerprint density at radius 2 is 1.96 bits per heavy atom. The Morgan fingerprint density at radius 3 is 2.72 bits per heavy atom. The van der Waals surface area contributed by atoms with Gasteiger partial charge in [0, 0.05) is 11.6 Å². The average Bonchev–Trinajstić information content (AvgIpc) is 3.21. The lowest BCUT2D eigenvalue weighted by molar-refractivity contribution is -0.137. The third kappa shape index (κ3) is 3.67. The molecule has 1 saturated heterocycles. The van der Waals surface area contributed by atoms with Crippen molar-refractivity contribution in [1.82, 2.24) is 15.5 Å². The lowest BCUT2D eigenvalue weighted by Crippen LogP contribution is -2.30. The summed E-state index contributed by atoms with van der Waals surface area (Å²) in [4.78, 5) is 4.34. The van der Waals surface area contributed by atoms with Crippen LogP contribution < -0.4 is 5.32 Å². The van der Waals surface area contributed by atoms with Gasteiger partial charge in [0.2, 0.25) is 11.7 Å². The van der Waals surface area contributed by atoms with E-state index >= 15 is 0 Å². The Labute approximate surface area is 149 Å². The summed E-state index contributed by atoms with van der Waals surface area (Å²) in [6.07, 6.45) is 1.44. The van der Waals surface area contributed by atoms with E-state index in [4.69, 9.17) is 4.52 Å². The molecule has 0 amide bonds. The summed E-state index contributed by atoms with van der Waals surface area (Å²) in [6, 6.07) is 5.50. The SMILES string of the molecule is Cl.FC(F)(F)c1cccc(-c2noc(C3CC4CCCCC4N3)n2)c1. The number of fused-ring (bicyclic) bond motifs is 1. The third-order valence-electron chi connectivity index (χ3n) is 5.05. The van der Waals surface area contributed by atoms with Crippen LogP contribution in [0.4, 0.5) is 13.2 Å². The maximum absolute atomic E-state index is 12.8. The topological polar surface area (TPSA) is 51.0 Å². The standard InChI is InChI=1S/C17H18F3N3O.ClH/c18-17(19,20)12-6-3-5-11(8-12)15-22-16(24-23-15)14-9-10-4-1-2-7-13(10)21-14;/h3,5-6,8,10,13-14,21H,1-2,4,7,9H2;1H. The van der Waals surface area contributed by atoms with Crippen molar-refractivity contribution in [2.45, 2.75) is 50.4 Å². The number of aromatic nitrogens is 2. The molecule has 2 heterocycles. The van der Waals surface area contributed by atoms with E-state index in [1.807, 2.05) is 0 Å². The van der Waals surface area contributed by atoms with E-state index in [1.54, 1.807) is 6.07 Å². The second kappa shape index (κ2) is 6.96. The van der Waals surface area contributed by atoms with E-state index in [2.05, 4.69) is 15.5 Å². The van der Waals surface area contributed by atoms with Crippen molar-refractivity contribution in [1.29, 1.82) is 0 Å². The average molecular weight is 374 g/mol. The molecular weight excluding hydrogens is 355 g/mol. The zero-order valence-electron chi connectivity index (χ0n) is 13.4. The van der Waals surface area contributed by atoms with Crippen molar-refractivity contribution >= 4 is 12.4 Å². The third-order valence-corrected chi connectivity index (χ3v) is 5.05. The molecule has 1 aromatic carbocycles. The number of hydrogen-bond donors (Lipinski definition) is 1. The molecule has 25 heavy (non-hydrogen) atoms. The minimum Gasteiger partial charge on any atom is -0.337 e. The van der Waals surface area contributed by atoms with Crippen LogP contribution in [-0.4, -0.2) is 16.2 Å². The summed E-state index contributed by atoms with van der Waals surface area (Å²) < 4.78 is 43.8. The van der Waals surface area contributed by atoms with Crippen LogP contribution in [0.1, 0.15) is 49.6 Å². The Morgan fingerprint density at radius 1 is 1.16 bits per heavy atom. The van der Waals surface area contributed by atoms with Gasteiger partial charge in [0.25, 0.3) is 0 Å². The van der Waals surface area contributed by atoms with E-state index in [1.165, 1.54) is 25.3 Å². The Hall–Kier alpha value is -1.60. The molecule has 1 aliphatic heterocycles. The van der Waals surface area contributed by atoms with Gasteiger partial charge in [-0.15, -0.1) is 12.4 Å². The fraction of sp³-hybridized carbons (Fsp3) is 0.529. The van der Waals surface area contributed by atoms with Crippen molar-refractivity contribution in [3.63, 3.8) is 0 Å². The highest BCUT2D eigenvalue weighted by molar-refractivity contribution is 5.85. The molecule has 3 unspecified atom stereocenters. The number of rotatable bonds is 2. The number of nitrogens with zero attached hydrogens (tertiary/aromatic N) is 2. The first-order chi connectivity index (χ1) is 11.5. The summed E-state index contributed by atoms with van der Waals surface area (Å²) in [5.41, 5.74) is -0.397. The van der Waals surface area contributed by atoms with Crippen molar-refractivity contribution in [3.05, 3.63) is 35.7 Å². The van der Waals surface area contributed by atoms with E-state index < -0.39 is 11.7 Å². The predicted octanol–water partition coefficient (Wildman–Crippen LogP) is 4.77. The summed E-state index contributed by atoms with van der Waals surface area (Å²) in [5.74, 6) is 1.30. The normalized spacial score (nSPS) is 26.1. The Kier molecular flexibility index (Phi) is 5.06. The maximum Gasteiger partial charge on any atom is 0.416 e. The molecule has 0 bridgehead atoms. The summed E-state index contributed by atoms with van der Waals surface area (Å²) >= 11 is 0. The van der Waals surface area contributed by atoms with Crippen LogP contribution in [-0.2, 0) is 6.18 Å². The van der Waals surface area contributed by atoms with Gasteiger partial charge in [-0.05, 0) is 37.3 Å². The highest BCUT2D eigenvalue weighted by Crippen LogP contribution is 2.39. The van der Waals surface area contributed by atoms with Gasteiger partial charge in [-0.1, -0.05) is 30.1 Å². The van der Waals surface area contributed by atoms with Gasteiger partial charge in [-0.2, -0.15) is 18.2 Å². The molecule has 2 aliphatic rings. The van der Waals surface area contributed by atoms with Gasteiger partial charge >= 0.3 is 6.18 Å². The molecule has 1 aliphatic carbocycles. The number of hydrogen-bond acceptors (Lipinski definition) is 4. The van der Waals surface area contributed by atoms with Crippen LogP contribution in [0.25, 0.3) is 11.4 Å². The molecule has 136 valence electrons. The number of alkyl halides is 3. The molecule has 0 radical (unpaired) electrons. The van der Waals surface area contributed by atoms with Crippen LogP contribution in [0.3, 0.4) is 0 Å². The second-order valence-electron chi connectivity index (χ2n) is 6.64. The van der Waals surface area contributed by atoms with Gasteiger partial charge in [0.1, 0.15) is 0 Å². The summed E-state index contributed by atoms with van der Waals surface area (Å²) in [6.45, 7) is 0. The van der Waals surface area contributed by atoms with Crippen molar-refractivity contribution in [2.24, 2.45) is 5.92 Å². The Bertz CT molecular complexity index is 720. The van der Waals surface area contributed by atoms with Crippen molar-refractivity contribution in [3.8, 4) is 11.4 Å². The first-order valence-electron chi connectivity index (χ1n) is 8.28. The minimum atomic E-state index is -4.38. The molecule has 1 aromatic heterocycles. The highest BCUT2D eigenvalue weighted by Gasteiger charge is 2.38. The van der Waals surface area contributed by atoms with Crippen LogP contribution in [0.15, 0.2) is 28.8 Å². The molecule has 2 aromatic rings. The summed E-state index contributed by atoms with van der Waals surface area (Å²) in [5, 5.41) is 7.41. The van der Waals surface area contributed by atoms with Crippen LogP contribution >= 0.6 is 12.4 Å². The molecule has 3 atom stereocenters. The molecule has 4 nitrogen and oxygen atoms in total. The van der Waals surface area contributed by atoms with E-state index in [0.29, 0.717) is 23.4 Å². The Balaban J connectivity index is 0.00000182. The molecule has 1 N–H and O–H groups in total. The van der Waals surface area contributed by atoms with E-state index in [0.717, 1.165) is 25.0 Å². The van der Waals surface area contributed by atoms with Crippen LogP contribution in [0.2, 0.25) is 0 Å². The van der Waals surface area contributed by atoms with Gasteiger partial charge < -0.3 is 9.84 Å². The molecule has 4 rings (SSSR count). The van der Waals surface area contributed by atoms with E-state index in [9.17, 15) is 13.2 Å². The van der Waals surface area contributed by atoms with Gasteiger partial charge in [0.15, 0.2) is 0 Å². The van der Waals surface area contributed by atoms with Gasteiger partial charge in [0.05, 0.1) is 11.6 Å². The number of nitrogens with one attached hydrogen (secondary N) is 1. The van der Waals surface area contributed by atoms with E-state index in [-0.39, 0.29) is 24.3 Å². The number of benzene rings is 1.